The van der Waals surface area contributed by atoms with Crippen LogP contribution in [0, 0.1) is 0 Å². The van der Waals surface area contributed by atoms with Gasteiger partial charge in [-0.3, -0.25) is 19.2 Å². The summed E-state index contributed by atoms with van der Waals surface area (Å²) >= 11 is 8.23. The lowest BCUT2D eigenvalue weighted by Crippen LogP contribution is -2.47. The van der Waals surface area contributed by atoms with Crippen LogP contribution < -0.4 is 14.4 Å². The molecule has 1 atom stereocenters. The van der Waals surface area contributed by atoms with Gasteiger partial charge in [-0.25, -0.2) is 8.42 Å². The lowest BCUT2D eigenvalue weighted by Gasteiger charge is -2.30. The smallest absolute Gasteiger partial charge is 0.316 e. The number of carbonyl (C=O) groups excluding carboxylic acids is 2. The molecule has 1 unspecified atom stereocenters. The molecule has 0 saturated carbocycles. The van der Waals surface area contributed by atoms with Crippen molar-refractivity contribution in [2.45, 2.75) is 23.7 Å². The number of hydrogen-bond acceptors (Lipinski definition) is 10. The number of aromatic nitrogens is 2. The highest BCUT2D eigenvalue weighted by atomic mass is 35.5. The molecule has 1 aromatic carbocycles. The Morgan fingerprint density at radius 3 is 2.61 bits per heavy atom. The maximum absolute atomic E-state index is 13.0. The van der Waals surface area contributed by atoms with Crippen LogP contribution in [0.25, 0.3) is 0 Å². The first-order valence-electron chi connectivity index (χ1n) is 8.77. The van der Waals surface area contributed by atoms with Crippen LogP contribution >= 0.6 is 34.7 Å². The van der Waals surface area contributed by atoms with Crippen molar-refractivity contribution in [1.29, 1.82) is 0 Å². The van der Waals surface area contributed by atoms with E-state index in [4.69, 9.17) is 16.3 Å². The minimum Gasteiger partial charge on any atom is -0.495 e. The third-order valence-corrected chi connectivity index (χ3v) is 7.23. The summed E-state index contributed by atoms with van der Waals surface area (Å²) in [4.78, 5) is 24.2. The van der Waals surface area contributed by atoms with E-state index in [-0.39, 0.29) is 33.8 Å². The van der Waals surface area contributed by atoms with Gasteiger partial charge in [0.2, 0.25) is 21.1 Å². The maximum Gasteiger partial charge on any atom is 0.316 e. The fraction of sp³-hybridized carbons (Fsp3) is 0.412. The molecule has 1 aromatic heterocycles. The fourth-order valence-corrected chi connectivity index (χ4v) is 5.52. The fourth-order valence-electron chi connectivity index (χ4n) is 2.56. The van der Waals surface area contributed by atoms with Gasteiger partial charge in [0.15, 0.2) is 4.34 Å². The van der Waals surface area contributed by atoms with Crippen molar-refractivity contribution < 1.29 is 27.5 Å². The van der Waals surface area contributed by atoms with Crippen LogP contribution in [-0.4, -0.2) is 62.8 Å². The largest absolute Gasteiger partial charge is 0.495 e. The zero-order chi connectivity index (χ0) is 23.2. The predicted octanol–water partition coefficient (Wildman–Crippen LogP) is 2.65. The summed E-state index contributed by atoms with van der Waals surface area (Å²) in [5, 5.41) is 10.8. The molecule has 170 valence electrons. The van der Waals surface area contributed by atoms with Crippen molar-refractivity contribution >= 4 is 67.4 Å². The molecule has 31 heavy (non-hydrogen) atoms. The molecular weight excluding hydrogens is 488 g/mol. The Balaban J connectivity index is 2.29. The number of amides is 1. The lowest BCUT2D eigenvalue weighted by atomic mass is 10.2. The number of esters is 1. The second-order valence-electron chi connectivity index (χ2n) is 6.03. The van der Waals surface area contributed by atoms with Crippen LogP contribution in [0.15, 0.2) is 22.5 Å². The standard InChI is InChI=1S/C17H21ClN4O6S3/c1-5-11(15(24)19-16-20-21-17(30-16)29-9-14(23)28-3)22(31(4,25)26)12-8-10(18)6-7-13(12)27-2/h6-8,11H,5,9H2,1-4H3,(H,19,20,24). The van der Waals surface area contributed by atoms with E-state index >= 15 is 0 Å². The minimum absolute atomic E-state index is 0.0487. The molecule has 0 radical (unpaired) electrons. The monoisotopic (exact) mass is 508 g/mol. The van der Waals surface area contributed by atoms with E-state index in [9.17, 15) is 18.0 Å². The van der Waals surface area contributed by atoms with Crippen molar-refractivity contribution in [3.63, 3.8) is 0 Å². The number of rotatable bonds is 10. The number of hydrogen-bond donors (Lipinski definition) is 1. The number of sulfonamides is 1. The summed E-state index contributed by atoms with van der Waals surface area (Å²) in [6.07, 6.45) is 1.16. The number of carbonyl (C=O) groups is 2. The van der Waals surface area contributed by atoms with Crippen molar-refractivity contribution in [3.05, 3.63) is 23.2 Å². The molecule has 0 aliphatic carbocycles. The van der Waals surface area contributed by atoms with E-state index in [0.717, 1.165) is 33.7 Å². The molecule has 0 saturated heterocycles. The van der Waals surface area contributed by atoms with Crippen LogP contribution in [0.3, 0.4) is 0 Å². The molecule has 1 amide bonds. The van der Waals surface area contributed by atoms with Gasteiger partial charge in [0.1, 0.15) is 11.8 Å². The summed E-state index contributed by atoms with van der Waals surface area (Å²) < 4.78 is 36.5. The van der Waals surface area contributed by atoms with Crippen LogP contribution in [0.5, 0.6) is 5.75 Å². The minimum atomic E-state index is -3.89. The Bertz CT molecular complexity index is 1050. The van der Waals surface area contributed by atoms with Gasteiger partial charge in [0.25, 0.3) is 0 Å². The maximum atomic E-state index is 13.0. The van der Waals surface area contributed by atoms with E-state index < -0.39 is 27.9 Å². The first-order valence-corrected chi connectivity index (χ1v) is 12.8. The Morgan fingerprint density at radius 2 is 2.03 bits per heavy atom. The molecule has 2 rings (SSSR count). The molecule has 1 heterocycles. The number of ether oxygens (including phenoxy) is 2. The number of halogens is 1. The van der Waals surface area contributed by atoms with E-state index in [1.54, 1.807) is 13.0 Å². The van der Waals surface area contributed by atoms with Crippen molar-refractivity contribution in [2.75, 3.05) is 35.9 Å². The normalized spacial score (nSPS) is 12.2. The SMILES string of the molecule is CCC(C(=O)Nc1nnc(SCC(=O)OC)s1)N(c1cc(Cl)ccc1OC)S(C)(=O)=O. The van der Waals surface area contributed by atoms with Crippen LogP contribution in [0.1, 0.15) is 13.3 Å². The molecular formula is C17H21ClN4O6S3. The van der Waals surface area contributed by atoms with Gasteiger partial charge in [0.05, 0.1) is 31.9 Å². The van der Waals surface area contributed by atoms with Gasteiger partial charge < -0.3 is 9.47 Å². The highest BCUT2D eigenvalue weighted by Gasteiger charge is 2.34. The summed E-state index contributed by atoms with van der Waals surface area (Å²) in [7, 11) is -1.21. The van der Waals surface area contributed by atoms with E-state index in [1.165, 1.54) is 26.4 Å². The number of benzene rings is 1. The van der Waals surface area contributed by atoms with Gasteiger partial charge in [0, 0.05) is 5.02 Å². The summed E-state index contributed by atoms with van der Waals surface area (Å²) in [5.74, 6) is -0.724. The second-order valence-corrected chi connectivity index (χ2v) is 10.5. The van der Waals surface area contributed by atoms with Gasteiger partial charge in [-0.2, -0.15) is 0 Å². The highest BCUT2D eigenvalue weighted by molar-refractivity contribution is 8.01. The van der Waals surface area contributed by atoms with E-state index in [1.807, 2.05) is 0 Å². The Labute approximate surface area is 193 Å². The molecule has 0 bridgehead atoms. The van der Waals surface area contributed by atoms with Crippen molar-refractivity contribution in [3.8, 4) is 5.75 Å². The molecule has 1 N–H and O–H groups in total. The van der Waals surface area contributed by atoms with Crippen LogP contribution in [0.4, 0.5) is 10.8 Å². The summed E-state index contributed by atoms with van der Waals surface area (Å²) in [6.45, 7) is 1.68. The molecule has 10 nitrogen and oxygen atoms in total. The van der Waals surface area contributed by atoms with Crippen LogP contribution in [0.2, 0.25) is 5.02 Å². The highest BCUT2D eigenvalue weighted by Crippen LogP contribution is 2.35. The van der Waals surface area contributed by atoms with Crippen LogP contribution in [-0.2, 0) is 24.3 Å². The predicted molar refractivity (Wildman–Crippen MR) is 121 cm³/mol. The summed E-state index contributed by atoms with van der Waals surface area (Å²) in [6, 6.07) is 3.40. The van der Waals surface area contributed by atoms with Gasteiger partial charge >= 0.3 is 5.97 Å². The first-order chi connectivity index (χ1) is 14.6. The van der Waals surface area contributed by atoms with Gasteiger partial charge in [-0.05, 0) is 24.6 Å². The number of nitrogens with zero attached hydrogens (tertiary/aromatic N) is 3. The van der Waals surface area contributed by atoms with Gasteiger partial charge in [-0.1, -0.05) is 41.6 Å². The third-order valence-electron chi connectivity index (χ3n) is 3.89. The molecule has 0 aliphatic heterocycles. The van der Waals surface area contributed by atoms with E-state index in [0.29, 0.717) is 4.34 Å². The van der Waals surface area contributed by atoms with Crippen molar-refractivity contribution in [1.82, 2.24) is 10.2 Å². The number of thioether (sulfide) groups is 1. The van der Waals surface area contributed by atoms with Gasteiger partial charge in [-0.15, -0.1) is 10.2 Å². The molecule has 2 aromatic rings. The average molecular weight is 509 g/mol. The summed E-state index contributed by atoms with van der Waals surface area (Å²) in [5.41, 5.74) is 0.145. The zero-order valence-corrected chi connectivity index (χ0v) is 20.3. The van der Waals surface area contributed by atoms with E-state index in [2.05, 4.69) is 20.3 Å². The molecule has 0 fully saturated rings. The Morgan fingerprint density at radius 1 is 1.32 bits per heavy atom. The molecule has 0 aliphatic rings. The topological polar surface area (TPSA) is 128 Å². The average Bonchev–Trinajstić information content (AvgIpc) is 3.16. The number of nitrogens with one attached hydrogen (secondary N) is 1. The van der Waals surface area contributed by atoms with Crippen molar-refractivity contribution in [2.24, 2.45) is 0 Å². The Kier molecular flexibility index (Phi) is 8.91. The number of anilines is 2. The number of methoxy groups -OCH3 is 2. The molecule has 14 heteroatoms. The third kappa shape index (κ3) is 6.69. The quantitative estimate of drug-likeness (QED) is 0.292. The zero-order valence-electron chi connectivity index (χ0n) is 17.1. The Hall–Kier alpha value is -2.09. The molecule has 0 spiro atoms. The second kappa shape index (κ2) is 11.0. The lowest BCUT2D eigenvalue weighted by molar-refractivity contribution is -0.137. The first kappa shape index (κ1) is 25.2.